The van der Waals surface area contributed by atoms with Gasteiger partial charge in [0.05, 0.1) is 5.69 Å². The molecule has 3 rings (SSSR count). The number of piperidine rings is 1. The van der Waals surface area contributed by atoms with Crippen molar-refractivity contribution < 1.29 is 9.18 Å². The number of anilines is 1. The molecule has 1 unspecified atom stereocenters. The first-order chi connectivity index (χ1) is 12.5. The van der Waals surface area contributed by atoms with Crippen LogP contribution in [-0.4, -0.2) is 23.6 Å². The largest absolute Gasteiger partial charge is 0.319 e. The number of aromatic nitrogens is 1. The number of halogens is 3. The third-order valence-electron chi connectivity index (χ3n) is 4.63. The van der Waals surface area contributed by atoms with Crippen LogP contribution in [0.4, 0.5) is 10.1 Å². The van der Waals surface area contributed by atoms with Crippen molar-refractivity contribution in [1.82, 2.24) is 9.88 Å². The van der Waals surface area contributed by atoms with Crippen molar-refractivity contribution >= 4 is 35.6 Å². The zero-order chi connectivity index (χ0) is 18.7. The third-order valence-corrected chi connectivity index (χ3v) is 4.87. The summed E-state index contributed by atoms with van der Waals surface area (Å²) >= 11 is 5.72. The average Bonchev–Trinajstić information content (AvgIpc) is 2.61. The Morgan fingerprint density at radius 3 is 2.85 bits per heavy atom. The molecular weight excluding hydrogens is 392 g/mol. The maximum absolute atomic E-state index is 13.9. The molecule has 2 heterocycles. The Kier molecular flexibility index (Phi) is 7.41. The van der Waals surface area contributed by atoms with Gasteiger partial charge in [-0.1, -0.05) is 11.6 Å². The number of pyridine rings is 1. The minimum atomic E-state index is -0.645. The predicted octanol–water partition coefficient (Wildman–Crippen LogP) is 3.62. The van der Waals surface area contributed by atoms with Gasteiger partial charge in [-0.25, -0.2) is 4.39 Å². The van der Waals surface area contributed by atoms with Gasteiger partial charge in [0, 0.05) is 17.8 Å². The molecule has 0 spiro atoms. The van der Waals surface area contributed by atoms with Gasteiger partial charge < -0.3 is 15.2 Å². The standard InChI is InChI=1S/C19H21ClFN3O2.ClH/c1-12-6-8-24(11-13-3-2-7-22-10-13)19(26)17(12)18(25)23-16-5-4-14(20)9-15(16)21;/h4-6,8-9,13,22H,2-3,7,10-11H2,1H3,(H,23,25);1H. The van der Waals surface area contributed by atoms with Crippen LogP contribution in [-0.2, 0) is 6.54 Å². The number of carbonyl (C=O) groups excluding carboxylic acids is 1. The number of benzene rings is 1. The molecule has 5 nitrogen and oxygen atoms in total. The summed E-state index contributed by atoms with van der Waals surface area (Å²) in [6.07, 6.45) is 3.84. The molecular formula is C19H22Cl2FN3O2. The second-order valence-electron chi connectivity index (χ2n) is 6.62. The highest BCUT2D eigenvalue weighted by Crippen LogP contribution is 2.20. The first-order valence-electron chi connectivity index (χ1n) is 8.63. The number of nitrogens with zero attached hydrogens (tertiary/aromatic N) is 1. The van der Waals surface area contributed by atoms with Crippen molar-refractivity contribution in [2.24, 2.45) is 5.92 Å². The topological polar surface area (TPSA) is 63.1 Å². The highest BCUT2D eigenvalue weighted by molar-refractivity contribution is 6.30. The Bertz CT molecular complexity index is 880. The van der Waals surface area contributed by atoms with Crippen molar-refractivity contribution in [2.75, 3.05) is 18.4 Å². The van der Waals surface area contributed by atoms with E-state index >= 15 is 0 Å². The SMILES string of the molecule is Cc1ccn(CC2CCCNC2)c(=O)c1C(=O)Nc1ccc(Cl)cc1F.Cl. The number of hydrogen-bond donors (Lipinski definition) is 2. The predicted molar refractivity (Wildman–Crippen MR) is 108 cm³/mol. The number of rotatable bonds is 4. The second kappa shape index (κ2) is 9.35. The molecule has 0 bridgehead atoms. The van der Waals surface area contributed by atoms with Crippen LogP contribution in [0.3, 0.4) is 0 Å². The zero-order valence-electron chi connectivity index (χ0n) is 14.9. The zero-order valence-corrected chi connectivity index (χ0v) is 16.5. The molecule has 2 N–H and O–H groups in total. The van der Waals surface area contributed by atoms with Crippen LogP contribution in [0.25, 0.3) is 0 Å². The molecule has 1 amide bonds. The van der Waals surface area contributed by atoms with E-state index in [2.05, 4.69) is 10.6 Å². The lowest BCUT2D eigenvalue weighted by atomic mass is 9.99. The van der Waals surface area contributed by atoms with E-state index in [4.69, 9.17) is 11.6 Å². The Balaban J connectivity index is 0.00000261. The van der Waals surface area contributed by atoms with E-state index in [-0.39, 0.29) is 34.2 Å². The normalized spacial score (nSPS) is 16.5. The summed E-state index contributed by atoms with van der Waals surface area (Å²) in [4.78, 5) is 25.4. The molecule has 1 aliphatic rings. The van der Waals surface area contributed by atoms with Gasteiger partial charge in [-0.3, -0.25) is 9.59 Å². The highest BCUT2D eigenvalue weighted by Gasteiger charge is 2.20. The molecule has 0 radical (unpaired) electrons. The molecule has 0 aliphatic carbocycles. The maximum atomic E-state index is 13.9. The Morgan fingerprint density at radius 1 is 1.41 bits per heavy atom. The summed E-state index contributed by atoms with van der Waals surface area (Å²) in [6, 6.07) is 5.71. The van der Waals surface area contributed by atoms with Crippen LogP contribution in [0.5, 0.6) is 0 Å². The number of carbonyl (C=O) groups is 1. The Labute approximate surface area is 168 Å². The van der Waals surface area contributed by atoms with Crippen LogP contribution in [0, 0.1) is 18.7 Å². The van der Waals surface area contributed by atoms with E-state index in [0.29, 0.717) is 18.0 Å². The summed E-state index contributed by atoms with van der Waals surface area (Å²) in [5, 5.41) is 6.02. The lowest BCUT2D eigenvalue weighted by Gasteiger charge is -2.23. The monoisotopic (exact) mass is 413 g/mol. The molecule has 27 heavy (non-hydrogen) atoms. The number of nitrogens with one attached hydrogen (secondary N) is 2. The smallest absolute Gasteiger partial charge is 0.263 e. The summed E-state index contributed by atoms with van der Waals surface area (Å²) in [5.74, 6) is -0.911. The summed E-state index contributed by atoms with van der Waals surface area (Å²) in [7, 11) is 0. The lowest BCUT2D eigenvalue weighted by Crippen LogP contribution is -2.36. The van der Waals surface area contributed by atoms with E-state index < -0.39 is 11.7 Å². The molecule has 1 aromatic carbocycles. The van der Waals surface area contributed by atoms with Crippen LogP contribution in [0.2, 0.25) is 5.02 Å². The van der Waals surface area contributed by atoms with Gasteiger partial charge >= 0.3 is 0 Å². The first kappa shape index (κ1) is 21.4. The van der Waals surface area contributed by atoms with Crippen molar-refractivity contribution in [1.29, 1.82) is 0 Å². The molecule has 146 valence electrons. The van der Waals surface area contributed by atoms with Crippen molar-refractivity contribution in [3.05, 3.63) is 62.8 Å². The van der Waals surface area contributed by atoms with E-state index in [9.17, 15) is 14.0 Å². The fraction of sp³-hybridized carbons (Fsp3) is 0.368. The molecule has 2 aromatic rings. The van der Waals surface area contributed by atoms with Crippen LogP contribution in [0.1, 0.15) is 28.8 Å². The van der Waals surface area contributed by atoms with E-state index in [0.717, 1.165) is 32.0 Å². The van der Waals surface area contributed by atoms with Crippen molar-refractivity contribution in [3.63, 3.8) is 0 Å². The minimum absolute atomic E-state index is 0. The van der Waals surface area contributed by atoms with Gasteiger partial charge in [-0.2, -0.15) is 0 Å². The average molecular weight is 414 g/mol. The molecule has 1 aliphatic heterocycles. The fourth-order valence-corrected chi connectivity index (χ4v) is 3.38. The minimum Gasteiger partial charge on any atom is -0.319 e. The van der Waals surface area contributed by atoms with Crippen molar-refractivity contribution in [3.8, 4) is 0 Å². The molecule has 1 atom stereocenters. The molecule has 1 fully saturated rings. The van der Waals surface area contributed by atoms with Gasteiger partial charge in [0.25, 0.3) is 11.5 Å². The van der Waals surface area contributed by atoms with Crippen LogP contribution < -0.4 is 16.2 Å². The fourth-order valence-electron chi connectivity index (χ4n) is 3.22. The van der Waals surface area contributed by atoms with Gasteiger partial charge in [0.1, 0.15) is 11.4 Å². The molecule has 1 aromatic heterocycles. The third kappa shape index (κ3) is 5.09. The van der Waals surface area contributed by atoms with Gasteiger partial charge in [-0.15, -0.1) is 12.4 Å². The van der Waals surface area contributed by atoms with Crippen molar-refractivity contribution in [2.45, 2.75) is 26.3 Å². The van der Waals surface area contributed by atoms with Gasteiger partial charge in [0.15, 0.2) is 0 Å². The summed E-state index contributed by atoms with van der Waals surface area (Å²) < 4.78 is 15.5. The maximum Gasteiger partial charge on any atom is 0.263 e. The van der Waals surface area contributed by atoms with Gasteiger partial charge in [0.2, 0.25) is 0 Å². The van der Waals surface area contributed by atoms with Crippen LogP contribution in [0.15, 0.2) is 35.3 Å². The van der Waals surface area contributed by atoms with Gasteiger partial charge in [-0.05, 0) is 68.6 Å². The van der Waals surface area contributed by atoms with E-state index in [1.54, 1.807) is 23.8 Å². The van der Waals surface area contributed by atoms with E-state index in [1.807, 2.05) is 0 Å². The first-order valence-corrected chi connectivity index (χ1v) is 9.00. The highest BCUT2D eigenvalue weighted by atomic mass is 35.5. The Hall–Kier alpha value is -1.89. The summed E-state index contributed by atoms with van der Waals surface area (Å²) in [6.45, 7) is 4.11. The van der Waals surface area contributed by atoms with E-state index in [1.165, 1.54) is 12.1 Å². The van der Waals surface area contributed by atoms with Crippen LogP contribution >= 0.6 is 24.0 Å². The quantitative estimate of drug-likeness (QED) is 0.804. The second-order valence-corrected chi connectivity index (χ2v) is 7.06. The molecule has 8 heteroatoms. The summed E-state index contributed by atoms with van der Waals surface area (Å²) in [5.41, 5.74) is 0.220. The molecule has 0 saturated carbocycles. The number of amides is 1. The Morgan fingerprint density at radius 2 is 2.19 bits per heavy atom. The number of hydrogen-bond acceptors (Lipinski definition) is 3. The lowest BCUT2D eigenvalue weighted by molar-refractivity contribution is 0.102. The number of aryl methyl sites for hydroxylation is 1. The molecule has 1 saturated heterocycles.